The maximum atomic E-state index is 12.5. The van der Waals surface area contributed by atoms with Gasteiger partial charge in [-0.05, 0) is 24.6 Å². The molecule has 1 N–H and O–H groups in total. The Labute approximate surface area is 102 Å². The molecule has 1 atom stereocenters. The molecule has 1 aromatic carbocycles. The number of hydrogen-bond donors (Lipinski definition) is 1. The van der Waals surface area contributed by atoms with Crippen LogP contribution in [0.25, 0.3) is 0 Å². The monoisotopic (exact) mass is 256 g/mol. The van der Waals surface area contributed by atoms with Crippen molar-refractivity contribution in [3.8, 4) is 6.07 Å². The second-order valence-electron chi connectivity index (χ2n) is 4.23. The first kappa shape index (κ1) is 12.7. The van der Waals surface area contributed by atoms with E-state index in [-0.39, 0.29) is 5.56 Å². The maximum absolute atomic E-state index is 12.5. The third-order valence-electron chi connectivity index (χ3n) is 2.95. The van der Waals surface area contributed by atoms with E-state index in [1.165, 1.54) is 6.07 Å². The van der Waals surface area contributed by atoms with Crippen molar-refractivity contribution in [1.29, 1.82) is 5.26 Å². The van der Waals surface area contributed by atoms with Crippen LogP contribution in [-0.4, -0.2) is 24.3 Å². The first-order chi connectivity index (χ1) is 8.41. The van der Waals surface area contributed by atoms with Crippen molar-refractivity contribution in [3.05, 3.63) is 29.3 Å². The van der Waals surface area contributed by atoms with Crippen LogP contribution in [-0.2, 0) is 6.18 Å². The minimum Gasteiger partial charge on any atom is -0.391 e. The van der Waals surface area contributed by atoms with E-state index in [1.807, 2.05) is 0 Å². The van der Waals surface area contributed by atoms with Crippen LogP contribution in [0.5, 0.6) is 0 Å². The van der Waals surface area contributed by atoms with Crippen LogP contribution < -0.4 is 4.90 Å². The second kappa shape index (κ2) is 4.50. The molecule has 0 bridgehead atoms. The average molecular weight is 256 g/mol. The van der Waals surface area contributed by atoms with Gasteiger partial charge in [0.2, 0.25) is 0 Å². The van der Waals surface area contributed by atoms with Gasteiger partial charge in [-0.15, -0.1) is 0 Å². The summed E-state index contributed by atoms with van der Waals surface area (Å²) in [7, 11) is 0. The number of benzene rings is 1. The molecule has 0 aliphatic carbocycles. The first-order valence-electron chi connectivity index (χ1n) is 5.46. The van der Waals surface area contributed by atoms with E-state index < -0.39 is 17.8 Å². The summed E-state index contributed by atoms with van der Waals surface area (Å²) in [6, 6.07) is 4.87. The van der Waals surface area contributed by atoms with E-state index in [0.717, 1.165) is 12.1 Å². The van der Waals surface area contributed by atoms with Crippen molar-refractivity contribution in [3.63, 3.8) is 0 Å². The van der Waals surface area contributed by atoms with E-state index in [0.29, 0.717) is 25.2 Å². The molecule has 0 amide bonds. The number of β-amino-alcohol motifs (C(OH)–C–C–N with tert-alkyl or cyclic N) is 1. The SMILES string of the molecule is N#Cc1cc(C(F)(F)F)ccc1N1CCC(O)C1. The molecule has 3 nitrogen and oxygen atoms in total. The lowest BCUT2D eigenvalue weighted by atomic mass is 10.1. The van der Waals surface area contributed by atoms with Gasteiger partial charge < -0.3 is 10.0 Å². The summed E-state index contributed by atoms with van der Waals surface area (Å²) >= 11 is 0. The topological polar surface area (TPSA) is 47.3 Å². The molecule has 2 rings (SSSR count). The molecule has 0 radical (unpaired) electrons. The van der Waals surface area contributed by atoms with Gasteiger partial charge in [0.15, 0.2) is 0 Å². The lowest BCUT2D eigenvalue weighted by Gasteiger charge is -2.20. The molecule has 1 unspecified atom stereocenters. The molecular weight excluding hydrogens is 245 g/mol. The van der Waals surface area contributed by atoms with E-state index in [1.54, 1.807) is 11.0 Å². The predicted molar refractivity (Wildman–Crippen MR) is 59.0 cm³/mol. The highest BCUT2D eigenvalue weighted by Gasteiger charge is 2.32. The molecule has 1 aliphatic rings. The molecule has 1 aliphatic heterocycles. The van der Waals surface area contributed by atoms with Crippen molar-refractivity contribution in [2.75, 3.05) is 18.0 Å². The summed E-state index contributed by atoms with van der Waals surface area (Å²) in [5, 5.41) is 18.3. The lowest BCUT2D eigenvalue weighted by molar-refractivity contribution is -0.137. The zero-order valence-electron chi connectivity index (χ0n) is 9.41. The van der Waals surface area contributed by atoms with Gasteiger partial charge >= 0.3 is 6.18 Å². The number of nitrogens with zero attached hydrogens (tertiary/aromatic N) is 2. The minimum atomic E-state index is -4.45. The number of alkyl halides is 3. The van der Waals surface area contributed by atoms with Crippen LogP contribution in [0.15, 0.2) is 18.2 Å². The molecule has 1 fully saturated rings. The summed E-state index contributed by atoms with van der Waals surface area (Å²) in [5.41, 5.74) is -0.400. The Morgan fingerprint density at radius 3 is 2.61 bits per heavy atom. The highest BCUT2D eigenvalue weighted by atomic mass is 19.4. The number of nitriles is 1. The quantitative estimate of drug-likeness (QED) is 0.837. The highest BCUT2D eigenvalue weighted by Crippen LogP contribution is 2.33. The van der Waals surface area contributed by atoms with Crippen molar-refractivity contribution in [2.45, 2.75) is 18.7 Å². The zero-order valence-corrected chi connectivity index (χ0v) is 9.41. The third kappa shape index (κ3) is 2.41. The molecule has 0 spiro atoms. The van der Waals surface area contributed by atoms with Gasteiger partial charge in [0.1, 0.15) is 6.07 Å². The Kier molecular flexibility index (Phi) is 3.18. The number of rotatable bonds is 1. The van der Waals surface area contributed by atoms with Gasteiger partial charge in [-0.25, -0.2) is 0 Å². The maximum Gasteiger partial charge on any atom is 0.416 e. The molecule has 1 heterocycles. The summed E-state index contributed by atoms with van der Waals surface area (Å²) < 4.78 is 37.5. The lowest BCUT2D eigenvalue weighted by Crippen LogP contribution is -2.22. The van der Waals surface area contributed by atoms with E-state index in [9.17, 15) is 18.3 Å². The van der Waals surface area contributed by atoms with Crippen LogP contribution in [0.1, 0.15) is 17.5 Å². The van der Waals surface area contributed by atoms with Crippen molar-refractivity contribution in [1.82, 2.24) is 0 Å². The fourth-order valence-electron chi connectivity index (χ4n) is 2.04. The third-order valence-corrected chi connectivity index (χ3v) is 2.95. The fraction of sp³-hybridized carbons (Fsp3) is 0.417. The first-order valence-corrected chi connectivity index (χ1v) is 5.46. The number of aliphatic hydroxyl groups excluding tert-OH is 1. The fourth-order valence-corrected chi connectivity index (χ4v) is 2.04. The molecule has 6 heteroatoms. The van der Waals surface area contributed by atoms with Gasteiger partial charge in [0, 0.05) is 13.1 Å². The molecule has 1 aromatic rings. The van der Waals surface area contributed by atoms with Crippen LogP contribution in [0.2, 0.25) is 0 Å². The standard InChI is InChI=1S/C12H11F3N2O/c13-12(14,15)9-1-2-11(8(5-9)6-16)17-4-3-10(18)7-17/h1-2,5,10,18H,3-4,7H2. The average Bonchev–Trinajstić information content (AvgIpc) is 2.73. The molecular formula is C12H11F3N2O. The van der Waals surface area contributed by atoms with Gasteiger partial charge in [-0.3, -0.25) is 0 Å². The van der Waals surface area contributed by atoms with Crippen molar-refractivity contribution in [2.24, 2.45) is 0 Å². The minimum absolute atomic E-state index is 0.0149. The Hall–Kier alpha value is -1.74. The Morgan fingerprint density at radius 1 is 1.39 bits per heavy atom. The second-order valence-corrected chi connectivity index (χ2v) is 4.23. The molecule has 96 valence electrons. The molecule has 18 heavy (non-hydrogen) atoms. The number of halogens is 3. The Balaban J connectivity index is 2.36. The van der Waals surface area contributed by atoms with Gasteiger partial charge in [-0.1, -0.05) is 0 Å². The van der Waals surface area contributed by atoms with Crippen molar-refractivity contribution < 1.29 is 18.3 Å². The molecule has 0 saturated carbocycles. The van der Waals surface area contributed by atoms with E-state index >= 15 is 0 Å². The van der Waals surface area contributed by atoms with E-state index in [4.69, 9.17) is 5.26 Å². The van der Waals surface area contributed by atoms with Gasteiger partial charge in [0.05, 0.1) is 22.9 Å². The summed E-state index contributed by atoms with van der Waals surface area (Å²) in [4.78, 5) is 1.73. The smallest absolute Gasteiger partial charge is 0.391 e. The number of anilines is 1. The summed E-state index contributed by atoms with van der Waals surface area (Å²) in [6.07, 6.45) is -4.38. The molecule has 1 saturated heterocycles. The molecule has 0 aromatic heterocycles. The Morgan fingerprint density at radius 2 is 2.11 bits per heavy atom. The predicted octanol–water partition coefficient (Wildman–Crippen LogP) is 2.15. The van der Waals surface area contributed by atoms with Gasteiger partial charge in [0.25, 0.3) is 0 Å². The zero-order chi connectivity index (χ0) is 13.3. The normalized spacial score (nSPS) is 19.9. The number of hydrogen-bond acceptors (Lipinski definition) is 3. The van der Waals surface area contributed by atoms with E-state index in [2.05, 4.69) is 0 Å². The number of aliphatic hydroxyl groups is 1. The largest absolute Gasteiger partial charge is 0.416 e. The van der Waals surface area contributed by atoms with Crippen molar-refractivity contribution >= 4 is 5.69 Å². The van der Waals surface area contributed by atoms with Gasteiger partial charge in [-0.2, -0.15) is 18.4 Å². The van der Waals surface area contributed by atoms with Crippen LogP contribution in [0.3, 0.4) is 0 Å². The van der Waals surface area contributed by atoms with Crippen LogP contribution >= 0.6 is 0 Å². The highest BCUT2D eigenvalue weighted by molar-refractivity contribution is 5.61. The van der Waals surface area contributed by atoms with Crippen LogP contribution in [0.4, 0.5) is 18.9 Å². The summed E-state index contributed by atoms with van der Waals surface area (Å²) in [6.45, 7) is 0.890. The Bertz CT molecular complexity index is 493. The van der Waals surface area contributed by atoms with Crippen LogP contribution in [0, 0.1) is 11.3 Å². The summed E-state index contributed by atoms with van der Waals surface area (Å²) in [5.74, 6) is 0.